The third kappa shape index (κ3) is 3.17. The largest absolute Gasteiger partial charge is 0.378 e. The maximum atomic E-state index is 5.37. The molecule has 2 heterocycles. The van der Waals surface area contributed by atoms with Crippen LogP contribution in [0.3, 0.4) is 0 Å². The van der Waals surface area contributed by atoms with Crippen molar-refractivity contribution in [3.63, 3.8) is 0 Å². The molecule has 20 heavy (non-hydrogen) atoms. The Morgan fingerprint density at radius 2 is 1.95 bits per heavy atom. The molecule has 4 nitrogen and oxygen atoms in total. The Morgan fingerprint density at radius 3 is 2.70 bits per heavy atom. The van der Waals surface area contributed by atoms with Crippen molar-refractivity contribution in [2.45, 2.75) is 6.92 Å². The molecule has 3 rings (SSSR count). The van der Waals surface area contributed by atoms with Crippen LogP contribution in [0, 0.1) is 6.92 Å². The van der Waals surface area contributed by atoms with E-state index in [0.717, 1.165) is 43.5 Å². The molecule has 0 aliphatic carbocycles. The number of nitrogens with zero attached hydrogens (tertiary/aromatic N) is 3. The molecule has 1 fully saturated rings. The number of benzene rings is 1. The molecule has 2 aromatic rings. The van der Waals surface area contributed by atoms with Crippen LogP contribution in [0.15, 0.2) is 36.5 Å². The minimum absolute atomic E-state index is 0. The number of hydrogen-bond donors (Lipinski definition) is 0. The van der Waals surface area contributed by atoms with Crippen molar-refractivity contribution in [2.24, 2.45) is 0 Å². The summed E-state index contributed by atoms with van der Waals surface area (Å²) in [5.41, 5.74) is 2.29. The molecule has 0 atom stereocenters. The summed E-state index contributed by atoms with van der Waals surface area (Å²) < 4.78 is 5.37. The third-order valence-corrected chi connectivity index (χ3v) is 3.25. The zero-order valence-corrected chi connectivity index (χ0v) is 11.6. The van der Waals surface area contributed by atoms with Crippen LogP contribution < -0.4 is 4.90 Å². The molecule has 1 aromatic carbocycles. The lowest BCUT2D eigenvalue weighted by Crippen LogP contribution is -2.36. The van der Waals surface area contributed by atoms with E-state index in [4.69, 9.17) is 4.74 Å². The molecule has 1 aliphatic rings. The van der Waals surface area contributed by atoms with Crippen molar-refractivity contribution in [2.75, 3.05) is 31.2 Å². The smallest absolute Gasteiger partial charge is 0.161 e. The Labute approximate surface area is 121 Å². The quantitative estimate of drug-likeness (QED) is 0.778. The molecule has 0 spiro atoms. The first kappa shape index (κ1) is 14.5. The average molecular weight is 266 g/mol. The first-order valence-electron chi connectivity index (χ1n) is 6.56. The molecule has 1 saturated heterocycles. The molecule has 5 heteroatoms. The van der Waals surface area contributed by atoms with Crippen LogP contribution in [0.1, 0.15) is 5.56 Å². The van der Waals surface area contributed by atoms with Crippen LogP contribution in [-0.4, -0.2) is 44.7 Å². The second-order valence-corrected chi connectivity index (χ2v) is 4.71. The summed E-state index contributed by atoms with van der Waals surface area (Å²) in [5.74, 6) is 1.77. The predicted molar refractivity (Wildman–Crippen MR) is 81.0 cm³/mol. The average Bonchev–Trinajstić information content (AvgIpc) is 2.48. The van der Waals surface area contributed by atoms with Gasteiger partial charge in [-0.15, -0.1) is 0 Å². The number of aryl methyl sites for hydroxylation is 1. The van der Waals surface area contributed by atoms with Crippen molar-refractivity contribution in [3.8, 4) is 11.4 Å². The summed E-state index contributed by atoms with van der Waals surface area (Å²) >= 11 is 0. The lowest BCUT2D eigenvalue weighted by Gasteiger charge is -2.27. The van der Waals surface area contributed by atoms with Crippen LogP contribution in [0.25, 0.3) is 11.4 Å². The van der Waals surface area contributed by atoms with Gasteiger partial charge in [0.05, 0.1) is 13.2 Å². The van der Waals surface area contributed by atoms with Crippen molar-refractivity contribution < 1.29 is 4.74 Å². The minimum atomic E-state index is 0. The van der Waals surface area contributed by atoms with E-state index < -0.39 is 0 Å². The predicted octanol–water partition coefficient (Wildman–Crippen LogP) is 1.91. The summed E-state index contributed by atoms with van der Waals surface area (Å²) in [5, 5.41) is 0. The van der Waals surface area contributed by atoms with Crippen LogP contribution in [0.2, 0.25) is 0 Å². The summed E-state index contributed by atoms with van der Waals surface area (Å²) in [4.78, 5) is 11.3. The van der Waals surface area contributed by atoms with Crippen molar-refractivity contribution in [3.05, 3.63) is 42.1 Å². The Hall–Kier alpha value is -1.88. The van der Waals surface area contributed by atoms with Gasteiger partial charge in [0.2, 0.25) is 0 Å². The fourth-order valence-electron chi connectivity index (χ4n) is 2.24. The van der Waals surface area contributed by atoms with Gasteiger partial charge in [-0.1, -0.05) is 23.8 Å². The first-order chi connectivity index (χ1) is 9.33. The molecule has 0 saturated carbocycles. The van der Waals surface area contributed by atoms with Gasteiger partial charge >= 0.3 is 0 Å². The summed E-state index contributed by atoms with van der Waals surface area (Å²) in [6.07, 6.45) is 1.83. The highest BCUT2D eigenvalue weighted by Crippen LogP contribution is 2.19. The van der Waals surface area contributed by atoms with Crippen LogP contribution in [-0.2, 0) is 4.74 Å². The zero-order valence-electron chi connectivity index (χ0n) is 11.6. The maximum Gasteiger partial charge on any atom is 0.161 e. The van der Waals surface area contributed by atoms with E-state index in [2.05, 4.69) is 33.9 Å². The highest BCUT2D eigenvalue weighted by molar-refractivity contribution is 5.75. The third-order valence-electron chi connectivity index (χ3n) is 3.25. The molecule has 0 unspecified atom stereocenters. The Bertz CT molecular complexity index is 571. The fraction of sp³-hybridized carbons (Fsp3) is 0.333. The van der Waals surface area contributed by atoms with Gasteiger partial charge in [0.15, 0.2) is 5.82 Å². The molecule has 3 radical (unpaired) electrons. The number of aromatic nitrogens is 2. The molecule has 101 valence electrons. The topological polar surface area (TPSA) is 38.2 Å². The highest BCUT2D eigenvalue weighted by Gasteiger charge is 2.13. The van der Waals surface area contributed by atoms with Gasteiger partial charge in [-0.25, -0.2) is 9.97 Å². The van der Waals surface area contributed by atoms with Crippen LogP contribution in [0.4, 0.5) is 5.82 Å². The van der Waals surface area contributed by atoms with Crippen molar-refractivity contribution in [1.29, 1.82) is 0 Å². The fourth-order valence-corrected chi connectivity index (χ4v) is 2.24. The van der Waals surface area contributed by atoms with Crippen molar-refractivity contribution >= 4 is 14.2 Å². The lowest BCUT2D eigenvalue weighted by molar-refractivity contribution is 0.122. The van der Waals surface area contributed by atoms with Crippen molar-refractivity contribution in [1.82, 2.24) is 9.97 Å². The SMILES string of the molecule is Cc1cccc(-c2nccc(N3CCOCC3)n2)c1.[B]. The Balaban J connectivity index is 0.00000147. The van der Waals surface area contributed by atoms with Crippen LogP contribution in [0.5, 0.6) is 0 Å². The number of anilines is 1. The number of hydrogen-bond acceptors (Lipinski definition) is 4. The standard InChI is InChI=1S/C15H17N3O.B/c1-12-3-2-4-13(11-12)15-16-6-5-14(17-15)18-7-9-19-10-8-18;/h2-6,11H,7-10H2,1H3;. The Morgan fingerprint density at radius 1 is 1.15 bits per heavy atom. The molecule has 0 N–H and O–H groups in total. The zero-order chi connectivity index (χ0) is 13.1. The van der Waals surface area contributed by atoms with E-state index in [1.807, 2.05) is 24.4 Å². The van der Waals surface area contributed by atoms with Gasteiger partial charge < -0.3 is 9.64 Å². The Kier molecular flexibility index (Phi) is 4.74. The summed E-state index contributed by atoms with van der Waals surface area (Å²) in [6.45, 7) is 5.40. The molecule has 1 aromatic heterocycles. The number of ether oxygens (including phenoxy) is 1. The molecule has 0 amide bonds. The van der Waals surface area contributed by atoms with E-state index >= 15 is 0 Å². The summed E-state index contributed by atoms with van der Waals surface area (Å²) in [7, 11) is 0. The normalized spacial score (nSPS) is 14.8. The first-order valence-corrected chi connectivity index (χ1v) is 6.56. The van der Waals surface area contributed by atoms with E-state index in [1.165, 1.54) is 5.56 Å². The van der Waals surface area contributed by atoms with E-state index in [-0.39, 0.29) is 8.41 Å². The number of morpholine rings is 1. The summed E-state index contributed by atoms with van der Waals surface area (Å²) in [6, 6.07) is 10.2. The van der Waals surface area contributed by atoms with Gasteiger partial charge in [0, 0.05) is 33.3 Å². The van der Waals surface area contributed by atoms with Gasteiger partial charge in [0.1, 0.15) is 5.82 Å². The van der Waals surface area contributed by atoms with Gasteiger partial charge in [0.25, 0.3) is 0 Å². The molecular formula is C15H17BN3O. The monoisotopic (exact) mass is 266 g/mol. The van der Waals surface area contributed by atoms with Gasteiger partial charge in [-0.3, -0.25) is 0 Å². The lowest BCUT2D eigenvalue weighted by atomic mass is 10.1. The number of rotatable bonds is 2. The molecule has 1 aliphatic heterocycles. The highest BCUT2D eigenvalue weighted by atomic mass is 16.5. The maximum absolute atomic E-state index is 5.37. The minimum Gasteiger partial charge on any atom is -0.378 e. The second kappa shape index (κ2) is 6.52. The van der Waals surface area contributed by atoms with E-state index in [0.29, 0.717) is 0 Å². The molecular weight excluding hydrogens is 249 g/mol. The molecule has 0 bridgehead atoms. The van der Waals surface area contributed by atoms with E-state index in [1.54, 1.807) is 0 Å². The second-order valence-electron chi connectivity index (χ2n) is 4.71. The van der Waals surface area contributed by atoms with Gasteiger partial charge in [-0.2, -0.15) is 0 Å². The van der Waals surface area contributed by atoms with E-state index in [9.17, 15) is 0 Å². The van der Waals surface area contributed by atoms with Gasteiger partial charge in [-0.05, 0) is 19.1 Å². The van der Waals surface area contributed by atoms with Crippen LogP contribution >= 0.6 is 0 Å².